The number of aromatic nitrogens is 3. The topological polar surface area (TPSA) is 75.5 Å². The average molecular weight is 317 g/mol. The molecular weight excluding hydrogens is 298 g/mol. The van der Waals surface area contributed by atoms with Gasteiger partial charge in [0.15, 0.2) is 17.3 Å². The first kappa shape index (κ1) is 15.3. The highest BCUT2D eigenvalue weighted by Crippen LogP contribution is 2.33. The number of ether oxygens (including phenoxy) is 3. The molecule has 0 saturated carbocycles. The second kappa shape index (κ2) is 6.28. The Kier molecular flexibility index (Phi) is 4.18. The normalized spacial score (nSPS) is 16.6. The standard InChI is InChI=1S/C16H19N3O4/c1-21-12-6-4-10(8-13(12)22-2)15-18-17-14-7-5-11(9-19(14)15)16(20)23-3/h4,6,8,11H,5,7,9H2,1-3H3. The molecule has 0 aliphatic carbocycles. The van der Waals surface area contributed by atoms with Gasteiger partial charge >= 0.3 is 5.97 Å². The van der Waals surface area contributed by atoms with Crippen LogP contribution in [0.1, 0.15) is 12.2 Å². The zero-order valence-electron chi connectivity index (χ0n) is 13.4. The van der Waals surface area contributed by atoms with Gasteiger partial charge in [-0.3, -0.25) is 4.79 Å². The number of rotatable bonds is 4. The third kappa shape index (κ3) is 2.74. The molecule has 23 heavy (non-hydrogen) atoms. The number of hydrogen-bond donors (Lipinski definition) is 0. The van der Waals surface area contributed by atoms with E-state index < -0.39 is 0 Å². The van der Waals surface area contributed by atoms with E-state index in [1.54, 1.807) is 14.2 Å². The molecule has 0 amide bonds. The largest absolute Gasteiger partial charge is 0.493 e. The fourth-order valence-electron chi connectivity index (χ4n) is 2.88. The lowest BCUT2D eigenvalue weighted by molar-refractivity contribution is -0.146. The van der Waals surface area contributed by atoms with Gasteiger partial charge in [0.05, 0.1) is 27.2 Å². The molecule has 1 aliphatic heterocycles. The number of fused-ring (bicyclic) bond motifs is 1. The average Bonchev–Trinajstić information content (AvgIpc) is 3.03. The monoisotopic (exact) mass is 317 g/mol. The van der Waals surface area contributed by atoms with Crippen molar-refractivity contribution in [3.05, 3.63) is 24.0 Å². The quantitative estimate of drug-likeness (QED) is 0.799. The van der Waals surface area contributed by atoms with Crippen molar-refractivity contribution in [2.75, 3.05) is 21.3 Å². The number of hydrogen-bond acceptors (Lipinski definition) is 6. The molecule has 1 unspecified atom stereocenters. The molecule has 0 fully saturated rings. The van der Waals surface area contributed by atoms with E-state index in [0.29, 0.717) is 24.5 Å². The first-order chi connectivity index (χ1) is 11.2. The Bertz CT molecular complexity index is 726. The van der Waals surface area contributed by atoms with Crippen molar-refractivity contribution in [2.24, 2.45) is 5.92 Å². The Balaban J connectivity index is 1.97. The molecule has 1 atom stereocenters. The summed E-state index contributed by atoms with van der Waals surface area (Å²) in [6, 6.07) is 5.59. The van der Waals surface area contributed by atoms with Crippen LogP contribution in [0.15, 0.2) is 18.2 Å². The molecule has 1 aromatic heterocycles. The van der Waals surface area contributed by atoms with Crippen molar-refractivity contribution in [1.29, 1.82) is 0 Å². The van der Waals surface area contributed by atoms with E-state index in [-0.39, 0.29) is 11.9 Å². The summed E-state index contributed by atoms with van der Waals surface area (Å²) in [5.74, 6) is 2.53. The van der Waals surface area contributed by atoms with Gasteiger partial charge < -0.3 is 18.8 Å². The summed E-state index contributed by atoms with van der Waals surface area (Å²) in [5.41, 5.74) is 0.868. The lowest BCUT2D eigenvalue weighted by Gasteiger charge is -2.22. The van der Waals surface area contributed by atoms with Gasteiger partial charge in [0, 0.05) is 18.5 Å². The highest BCUT2D eigenvalue weighted by molar-refractivity contribution is 5.72. The van der Waals surface area contributed by atoms with Gasteiger partial charge in [-0.05, 0) is 24.6 Å². The van der Waals surface area contributed by atoms with Crippen LogP contribution in [0, 0.1) is 5.92 Å². The SMILES string of the molecule is COC(=O)C1CCc2nnc(-c3ccc(OC)c(OC)c3)n2C1. The molecule has 0 saturated heterocycles. The van der Waals surface area contributed by atoms with Crippen molar-refractivity contribution < 1.29 is 19.0 Å². The van der Waals surface area contributed by atoms with E-state index in [9.17, 15) is 4.79 Å². The lowest BCUT2D eigenvalue weighted by atomic mass is 9.99. The number of methoxy groups -OCH3 is 3. The summed E-state index contributed by atoms with van der Waals surface area (Å²) >= 11 is 0. The van der Waals surface area contributed by atoms with Crippen LogP contribution >= 0.6 is 0 Å². The highest BCUT2D eigenvalue weighted by Gasteiger charge is 2.28. The van der Waals surface area contributed by atoms with E-state index in [4.69, 9.17) is 14.2 Å². The maximum Gasteiger partial charge on any atom is 0.310 e. The van der Waals surface area contributed by atoms with E-state index in [0.717, 1.165) is 23.6 Å². The summed E-state index contributed by atoms with van der Waals surface area (Å²) in [6.45, 7) is 0.526. The minimum atomic E-state index is -0.192. The molecule has 7 heteroatoms. The predicted molar refractivity (Wildman–Crippen MR) is 82.4 cm³/mol. The van der Waals surface area contributed by atoms with Crippen LogP contribution in [0.25, 0.3) is 11.4 Å². The molecule has 3 rings (SSSR count). The molecule has 2 aromatic rings. The van der Waals surface area contributed by atoms with Crippen molar-refractivity contribution in [1.82, 2.24) is 14.8 Å². The van der Waals surface area contributed by atoms with Crippen molar-refractivity contribution in [2.45, 2.75) is 19.4 Å². The molecule has 1 aromatic carbocycles. The summed E-state index contributed by atoms with van der Waals surface area (Å²) in [7, 11) is 4.60. The fourth-order valence-corrected chi connectivity index (χ4v) is 2.88. The molecule has 0 N–H and O–H groups in total. The summed E-state index contributed by atoms with van der Waals surface area (Å²) in [4.78, 5) is 11.8. The predicted octanol–water partition coefficient (Wildman–Crippen LogP) is 1.70. The summed E-state index contributed by atoms with van der Waals surface area (Å²) in [6.07, 6.45) is 1.44. The van der Waals surface area contributed by atoms with Crippen LogP contribution in [-0.4, -0.2) is 42.1 Å². The maximum atomic E-state index is 11.8. The second-order valence-electron chi connectivity index (χ2n) is 5.38. The first-order valence-electron chi connectivity index (χ1n) is 7.40. The van der Waals surface area contributed by atoms with Crippen molar-refractivity contribution >= 4 is 5.97 Å². The minimum Gasteiger partial charge on any atom is -0.493 e. The number of esters is 1. The number of carbonyl (C=O) groups is 1. The zero-order chi connectivity index (χ0) is 16.4. The minimum absolute atomic E-state index is 0.164. The van der Waals surface area contributed by atoms with Gasteiger partial charge in [0.1, 0.15) is 5.82 Å². The molecule has 0 spiro atoms. The molecular formula is C16H19N3O4. The summed E-state index contributed by atoms with van der Waals surface area (Å²) in [5, 5.41) is 8.52. The van der Waals surface area contributed by atoms with E-state index >= 15 is 0 Å². The van der Waals surface area contributed by atoms with Gasteiger partial charge in [0.2, 0.25) is 0 Å². The first-order valence-corrected chi connectivity index (χ1v) is 7.40. The molecule has 0 radical (unpaired) electrons. The molecule has 0 bridgehead atoms. The van der Waals surface area contributed by atoms with Crippen LogP contribution in [0.3, 0.4) is 0 Å². The fraction of sp³-hybridized carbons (Fsp3) is 0.438. The molecule has 7 nitrogen and oxygen atoms in total. The second-order valence-corrected chi connectivity index (χ2v) is 5.38. The molecule has 122 valence electrons. The Labute approximate surface area is 134 Å². The smallest absolute Gasteiger partial charge is 0.310 e. The Hall–Kier alpha value is -2.57. The van der Waals surface area contributed by atoms with Crippen LogP contribution in [0.5, 0.6) is 11.5 Å². The van der Waals surface area contributed by atoms with Crippen LogP contribution in [0.2, 0.25) is 0 Å². The highest BCUT2D eigenvalue weighted by atomic mass is 16.5. The van der Waals surface area contributed by atoms with E-state index in [1.165, 1.54) is 7.11 Å². The Morgan fingerprint density at radius 3 is 2.65 bits per heavy atom. The van der Waals surface area contributed by atoms with Gasteiger partial charge in [-0.2, -0.15) is 0 Å². The lowest BCUT2D eigenvalue weighted by Crippen LogP contribution is -2.28. The van der Waals surface area contributed by atoms with Gasteiger partial charge in [-0.25, -0.2) is 0 Å². The number of benzene rings is 1. The molecule has 2 heterocycles. The van der Waals surface area contributed by atoms with Crippen molar-refractivity contribution in [3.63, 3.8) is 0 Å². The Morgan fingerprint density at radius 1 is 1.17 bits per heavy atom. The number of nitrogens with zero attached hydrogens (tertiary/aromatic N) is 3. The van der Waals surface area contributed by atoms with Crippen LogP contribution < -0.4 is 9.47 Å². The van der Waals surface area contributed by atoms with Crippen LogP contribution in [0.4, 0.5) is 0 Å². The van der Waals surface area contributed by atoms with E-state index in [2.05, 4.69) is 10.2 Å². The van der Waals surface area contributed by atoms with Crippen molar-refractivity contribution in [3.8, 4) is 22.9 Å². The number of aryl methyl sites for hydroxylation is 1. The van der Waals surface area contributed by atoms with Gasteiger partial charge in [0.25, 0.3) is 0 Å². The number of carbonyl (C=O) groups excluding carboxylic acids is 1. The maximum absolute atomic E-state index is 11.8. The molecule has 1 aliphatic rings. The van der Waals surface area contributed by atoms with Gasteiger partial charge in [-0.15, -0.1) is 10.2 Å². The summed E-state index contributed by atoms with van der Waals surface area (Å²) < 4.78 is 17.4. The third-order valence-electron chi connectivity index (χ3n) is 4.12. The zero-order valence-corrected chi connectivity index (χ0v) is 13.4. The van der Waals surface area contributed by atoms with Gasteiger partial charge in [-0.1, -0.05) is 0 Å². The van der Waals surface area contributed by atoms with Crippen LogP contribution in [-0.2, 0) is 22.5 Å². The third-order valence-corrected chi connectivity index (χ3v) is 4.12. The Morgan fingerprint density at radius 2 is 1.96 bits per heavy atom. The van der Waals surface area contributed by atoms with E-state index in [1.807, 2.05) is 22.8 Å².